The lowest BCUT2D eigenvalue weighted by atomic mass is 10.2. The molecule has 1 saturated carbocycles. The molecule has 2 fully saturated rings. The number of aryl methyl sites for hydroxylation is 1. The number of hydrogen-bond acceptors (Lipinski definition) is 5. The molecule has 1 atom stereocenters. The van der Waals surface area contributed by atoms with E-state index in [0.717, 1.165) is 22.6 Å². The van der Waals surface area contributed by atoms with Gasteiger partial charge in [0.25, 0.3) is 0 Å². The maximum Gasteiger partial charge on any atom is 0.324 e. The number of likely N-dealkylation sites (tertiary alicyclic amines) is 1. The van der Waals surface area contributed by atoms with E-state index in [1.54, 1.807) is 0 Å². The second kappa shape index (κ2) is 7.30. The number of anilines is 1. The van der Waals surface area contributed by atoms with Gasteiger partial charge in [0.1, 0.15) is 6.04 Å². The molecule has 3 amide bonds. The Bertz CT molecular complexity index is 854. The van der Waals surface area contributed by atoms with Gasteiger partial charge in [0.2, 0.25) is 5.91 Å². The number of urea groups is 1. The fourth-order valence-electron chi connectivity index (χ4n) is 4.01. The van der Waals surface area contributed by atoms with Crippen molar-refractivity contribution in [1.82, 2.24) is 19.7 Å². The molecular weight excluding hydrogens is 364 g/mol. The Kier molecular flexibility index (Phi) is 4.86. The second-order valence-corrected chi connectivity index (χ2v) is 8.26. The van der Waals surface area contributed by atoms with Gasteiger partial charge in [-0.05, 0) is 32.6 Å². The van der Waals surface area contributed by atoms with Crippen LogP contribution in [0.15, 0.2) is 12.4 Å². The van der Waals surface area contributed by atoms with Gasteiger partial charge in [0, 0.05) is 18.3 Å². The molecule has 2 aromatic rings. The molecule has 0 aromatic carbocycles. The van der Waals surface area contributed by atoms with Crippen LogP contribution in [0.3, 0.4) is 0 Å². The first-order valence-corrected chi connectivity index (χ1v) is 10.2. The molecule has 0 radical (unpaired) electrons. The summed E-state index contributed by atoms with van der Waals surface area (Å²) in [6, 6.07) is -0.361. The molecule has 0 spiro atoms. The van der Waals surface area contributed by atoms with Gasteiger partial charge in [-0.25, -0.2) is 9.78 Å². The number of thiazole rings is 1. The summed E-state index contributed by atoms with van der Waals surface area (Å²) >= 11 is 1.43. The largest absolute Gasteiger partial charge is 0.368 e. The van der Waals surface area contributed by atoms with Crippen molar-refractivity contribution in [2.45, 2.75) is 57.5 Å². The summed E-state index contributed by atoms with van der Waals surface area (Å²) in [6.45, 7) is 2.46. The van der Waals surface area contributed by atoms with Crippen molar-refractivity contribution in [3.8, 4) is 10.4 Å². The first-order chi connectivity index (χ1) is 13.0. The molecule has 8 nitrogen and oxygen atoms in total. The average molecular weight is 388 g/mol. The molecule has 2 aliphatic rings. The van der Waals surface area contributed by atoms with Gasteiger partial charge >= 0.3 is 6.03 Å². The van der Waals surface area contributed by atoms with Crippen LogP contribution in [0.1, 0.15) is 50.3 Å². The van der Waals surface area contributed by atoms with Crippen molar-refractivity contribution < 1.29 is 9.59 Å². The number of nitrogens with two attached hydrogens (primary N) is 1. The summed E-state index contributed by atoms with van der Waals surface area (Å²) in [5.74, 6) is -0.460. The Morgan fingerprint density at radius 2 is 2.04 bits per heavy atom. The van der Waals surface area contributed by atoms with Crippen molar-refractivity contribution in [1.29, 1.82) is 0 Å². The van der Waals surface area contributed by atoms with Crippen LogP contribution in [0, 0.1) is 6.92 Å². The number of hydrogen-bond donors (Lipinski definition) is 2. The summed E-state index contributed by atoms with van der Waals surface area (Å²) in [4.78, 5) is 31.0. The molecule has 1 aliphatic carbocycles. The zero-order valence-electron chi connectivity index (χ0n) is 15.4. The highest BCUT2D eigenvalue weighted by Crippen LogP contribution is 2.35. The predicted molar refractivity (Wildman–Crippen MR) is 104 cm³/mol. The molecule has 0 unspecified atom stereocenters. The lowest BCUT2D eigenvalue weighted by Gasteiger charge is -2.21. The van der Waals surface area contributed by atoms with Crippen molar-refractivity contribution >= 4 is 28.4 Å². The number of nitrogens with one attached hydrogen (secondary N) is 1. The Morgan fingerprint density at radius 3 is 2.78 bits per heavy atom. The highest BCUT2D eigenvalue weighted by molar-refractivity contribution is 7.19. The summed E-state index contributed by atoms with van der Waals surface area (Å²) in [6.07, 6.45) is 10.2. The normalized spacial score (nSPS) is 20.3. The Hall–Kier alpha value is -2.42. The van der Waals surface area contributed by atoms with E-state index in [4.69, 9.17) is 5.73 Å². The minimum atomic E-state index is -0.532. The van der Waals surface area contributed by atoms with Crippen molar-refractivity contribution in [3.05, 3.63) is 18.1 Å². The molecule has 9 heteroatoms. The Morgan fingerprint density at radius 1 is 1.26 bits per heavy atom. The highest BCUT2D eigenvalue weighted by Gasteiger charge is 2.33. The van der Waals surface area contributed by atoms with E-state index >= 15 is 0 Å². The molecule has 144 valence electrons. The number of nitrogens with zero attached hydrogens (tertiary/aromatic N) is 4. The summed E-state index contributed by atoms with van der Waals surface area (Å²) in [5.41, 5.74) is 7.27. The van der Waals surface area contributed by atoms with E-state index in [9.17, 15) is 9.59 Å². The SMILES string of the molecule is Cc1nc(NC(=O)N2CCC[C@H]2C(N)=O)sc1-c1cnn(C2CCCC2)c1. The van der Waals surface area contributed by atoms with Crippen LogP contribution in [-0.2, 0) is 4.79 Å². The molecular formula is C18H24N6O2S. The fourth-order valence-corrected chi connectivity index (χ4v) is 4.94. The van der Waals surface area contributed by atoms with E-state index in [1.165, 1.54) is 41.9 Å². The van der Waals surface area contributed by atoms with Crippen LogP contribution in [0.2, 0.25) is 0 Å². The number of aromatic nitrogens is 3. The Balaban J connectivity index is 1.48. The molecule has 0 bridgehead atoms. The quantitative estimate of drug-likeness (QED) is 0.840. The van der Waals surface area contributed by atoms with Gasteiger partial charge < -0.3 is 10.6 Å². The van der Waals surface area contributed by atoms with Gasteiger partial charge in [0.15, 0.2) is 5.13 Å². The van der Waals surface area contributed by atoms with Crippen LogP contribution < -0.4 is 11.1 Å². The fraction of sp³-hybridized carbons (Fsp3) is 0.556. The molecule has 3 N–H and O–H groups in total. The standard InChI is InChI=1S/C18H24N6O2S/c1-11-15(12-9-20-24(10-12)13-5-2-3-6-13)27-17(21-11)22-18(26)23-8-4-7-14(23)16(19)25/h9-10,13-14H,2-8H2,1H3,(H2,19,25)(H,21,22,26)/t14-/m0/s1. The molecule has 1 aliphatic heterocycles. The first-order valence-electron chi connectivity index (χ1n) is 9.42. The topological polar surface area (TPSA) is 106 Å². The minimum Gasteiger partial charge on any atom is -0.368 e. The zero-order valence-corrected chi connectivity index (χ0v) is 16.2. The molecule has 27 heavy (non-hydrogen) atoms. The Labute approximate surface area is 161 Å². The van der Waals surface area contributed by atoms with Gasteiger partial charge in [-0.3, -0.25) is 14.8 Å². The van der Waals surface area contributed by atoms with Crippen LogP contribution in [0.25, 0.3) is 10.4 Å². The van der Waals surface area contributed by atoms with Crippen LogP contribution in [0.5, 0.6) is 0 Å². The van der Waals surface area contributed by atoms with E-state index in [0.29, 0.717) is 24.1 Å². The molecule has 2 aromatic heterocycles. The van der Waals surface area contributed by atoms with E-state index in [1.807, 2.05) is 13.1 Å². The van der Waals surface area contributed by atoms with E-state index < -0.39 is 11.9 Å². The third-order valence-electron chi connectivity index (χ3n) is 5.42. The number of carbonyl (C=O) groups is 2. The van der Waals surface area contributed by atoms with Gasteiger partial charge in [-0.15, -0.1) is 0 Å². The van der Waals surface area contributed by atoms with Gasteiger partial charge in [0.05, 0.1) is 22.8 Å². The van der Waals surface area contributed by atoms with Gasteiger partial charge in [-0.2, -0.15) is 5.10 Å². The summed E-state index contributed by atoms with van der Waals surface area (Å²) in [5, 5.41) is 7.87. The van der Waals surface area contributed by atoms with E-state index in [2.05, 4.69) is 26.3 Å². The molecule has 1 saturated heterocycles. The predicted octanol–water partition coefficient (Wildman–Crippen LogP) is 2.91. The number of primary amides is 1. The lowest BCUT2D eigenvalue weighted by Crippen LogP contribution is -2.45. The minimum absolute atomic E-state index is 0.321. The third kappa shape index (κ3) is 3.55. The van der Waals surface area contributed by atoms with Crippen molar-refractivity contribution in [2.24, 2.45) is 5.73 Å². The summed E-state index contributed by atoms with van der Waals surface area (Å²) in [7, 11) is 0. The van der Waals surface area contributed by atoms with Crippen molar-refractivity contribution in [3.63, 3.8) is 0 Å². The third-order valence-corrected chi connectivity index (χ3v) is 6.54. The number of amides is 3. The van der Waals surface area contributed by atoms with Crippen LogP contribution in [0.4, 0.5) is 9.93 Å². The van der Waals surface area contributed by atoms with Crippen molar-refractivity contribution in [2.75, 3.05) is 11.9 Å². The monoisotopic (exact) mass is 388 g/mol. The second-order valence-electron chi connectivity index (χ2n) is 7.26. The maximum atomic E-state index is 12.5. The zero-order chi connectivity index (χ0) is 19.0. The smallest absolute Gasteiger partial charge is 0.324 e. The average Bonchev–Trinajstić information content (AvgIpc) is 3.41. The van der Waals surface area contributed by atoms with E-state index in [-0.39, 0.29) is 6.03 Å². The first kappa shape index (κ1) is 18.0. The van der Waals surface area contributed by atoms with Crippen LogP contribution in [-0.4, -0.2) is 44.2 Å². The van der Waals surface area contributed by atoms with Gasteiger partial charge in [-0.1, -0.05) is 24.2 Å². The highest BCUT2D eigenvalue weighted by atomic mass is 32.1. The molecule has 3 heterocycles. The maximum absolute atomic E-state index is 12.5. The number of carbonyl (C=O) groups excluding carboxylic acids is 2. The van der Waals surface area contributed by atoms with Crippen LogP contribution >= 0.6 is 11.3 Å². The lowest BCUT2D eigenvalue weighted by molar-refractivity contribution is -0.121. The molecule has 4 rings (SSSR count). The number of rotatable bonds is 4. The summed E-state index contributed by atoms with van der Waals surface area (Å²) < 4.78 is 2.06.